The maximum Gasteiger partial charge on any atom is 0.573 e. The van der Waals surface area contributed by atoms with Crippen LogP contribution in [0, 0.1) is 28.9 Å². The monoisotopic (exact) mass is 408 g/mol. The van der Waals surface area contributed by atoms with Gasteiger partial charge in [0.15, 0.2) is 11.6 Å². The van der Waals surface area contributed by atoms with E-state index in [1.165, 1.54) is 0 Å². The topological polar surface area (TPSA) is 9.23 Å². The average molecular weight is 409 g/mol. The van der Waals surface area contributed by atoms with Gasteiger partial charge in [0.2, 0.25) is 0 Å². The normalized spacial score (nSPS) is 23.1. The summed E-state index contributed by atoms with van der Waals surface area (Å²) < 4.78 is 105. The molecule has 1 fully saturated rings. The highest BCUT2D eigenvalue weighted by molar-refractivity contribution is 6.30. The number of halogens is 9. The van der Waals surface area contributed by atoms with E-state index in [2.05, 4.69) is 4.74 Å². The molecule has 1 aromatic rings. The van der Waals surface area contributed by atoms with Crippen LogP contribution in [0.25, 0.3) is 0 Å². The van der Waals surface area contributed by atoms with Crippen molar-refractivity contribution in [3.8, 4) is 5.75 Å². The molecule has 0 N–H and O–H groups in total. The van der Waals surface area contributed by atoms with Crippen molar-refractivity contribution in [2.24, 2.45) is 17.3 Å². The Labute approximate surface area is 148 Å². The van der Waals surface area contributed by atoms with Crippen LogP contribution < -0.4 is 4.74 Å². The van der Waals surface area contributed by atoms with Gasteiger partial charge in [-0.15, -0.1) is 13.2 Å². The molecule has 26 heavy (non-hydrogen) atoms. The zero-order valence-electron chi connectivity index (χ0n) is 13.4. The minimum Gasteiger partial charge on any atom is -0.403 e. The van der Waals surface area contributed by atoms with Crippen LogP contribution in [-0.2, 0) is 6.42 Å². The SMILES string of the molecule is CC1(C)C(C=C(Cl)C(F)(F)F)C1Cc1cc(OC(F)(F)F)c(F)cc1F. The van der Waals surface area contributed by atoms with Crippen LogP contribution in [0.4, 0.5) is 35.1 Å². The molecule has 2 rings (SSSR count). The van der Waals surface area contributed by atoms with Crippen molar-refractivity contribution >= 4 is 11.6 Å². The maximum absolute atomic E-state index is 13.9. The number of allylic oxidation sites excluding steroid dienone is 2. The lowest BCUT2D eigenvalue weighted by molar-refractivity contribution is -0.275. The number of benzene rings is 1. The third kappa shape index (κ3) is 4.61. The molecule has 1 saturated carbocycles. The first kappa shape index (κ1) is 20.8. The van der Waals surface area contributed by atoms with E-state index >= 15 is 0 Å². The Bertz CT molecular complexity index is 720. The zero-order chi connectivity index (χ0) is 20.1. The molecule has 0 amide bonds. The quantitative estimate of drug-likeness (QED) is 0.526. The van der Waals surface area contributed by atoms with Gasteiger partial charge in [-0.25, -0.2) is 8.78 Å². The summed E-state index contributed by atoms with van der Waals surface area (Å²) in [4.78, 5) is 0. The van der Waals surface area contributed by atoms with Crippen molar-refractivity contribution in [3.05, 3.63) is 40.4 Å². The summed E-state index contributed by atoms with van der Waals surface area (Å²) >= 11 is 5.20. The van der Waals surface area contributed by atoms with Crippen molar-refractivity contribution < 1.29 is 39.9 Å². The second kappa shape index (κ2) is 6.58. The van der Waals surface area contributed by atoms with Crippen molar-refractivity contribution in [1.29, 1.82) is 0 Å². The summed E-state index contributed by atoms with van der Waals surface area (Å²) in [5.74, 6) is -5.02. The second-order valence-electron chi connectivity index (χ2n) is 6.59. The van der Waals surface area contributed by atoms with Crippen LogP contribution in [0.5, 0.6) is 5.75 Å². The zero-order valence-corrected chi connectivity index (χ0v) is 14.2. The fraction of sp³-hybridized carbons (Fsp3) is 0.500. The van der Waals surface area contributed by atoms with E-state index in [0.717, 1.165) is 6.08 Å². The Morgan fingerprint density at radius 2 is 1.69 bits per heavy atom. The van der Waals surface area contributed by atoms with Crippen LogP contribution in [0.1, 0.15) is 19.4 Å². The molecule has 1 aliphatic rings. The molecule has 2 atom stereocenters. The van der Waals surface area contributed by atoms with Gasteiger partial charge in [0.1, 0.15) is 10.8 Å². The van der Waals surface area contributed by atoms with Gasteiger partial charge in [0, 0.05) is 6.07 Å². The smallest absolute Gasteiger partial charge is 0.403 e. The molecular formula is C16H13ClF8O. The Morgan fingerprint density at radius 3 is 2.19 bits per heavy atom. The summed E-state index contributed by atoms with van der Waals surface area (Å²) in [5, 5.41) is -1.32. The van der Waals surface area contributed by atoms with Crippen molar-refractivity contribution in [3.63, 3.8) is 0 Å². The first-order valence-corrected chi connectivity index (χ1v) is 7.69. The molecule has 0 spiro atoms. The third-order valence-corrected chi connectivity index (χ3v) is 4.84. The van der Waals surface area contributed by atoms with Crippen LogP contribution in [0.2, 0.25) is 0 Å². The summed E-state index contributed by atoms with van der Waals surface area (Å²) in [6, 6.07) is 0.817. The Balaban J connectivity index is 2.25. The molecule has 0 radical (unpaired) electrons. The van der Waals surface area contributed by atoms with Crippen LogP contribution in [-0.4, -0.2) is 12.5 Å². The highest BCUT2D eigenvalue weighted by Gasteiger charge is 2.57. The Hall–Kier alpha value is -1.51. The van der Waals surface area contributed by atoms with Gasteiger partial charge in [-0.2, -0.15) is 13.2 Å². The van der Waals surface area contributed by atoms with Gasteiger partial charge >= 0.3 is 12.5 Å². The number of ether oxygens (including phenoxy) is 1. The molecule has 146 valence electrons. The molecule has 1 aliphatic carbocycles. The lowest BCUT2D eigenvalue weighted by Gasteiger charge is -2.12. The predicted molar refractivity (Wildman–Crippen MR) is 77.5 cm³/mol. The number of hydrogen-bond donors (Lipinski definition) is 0. The van der Waals surface area contributed by atoms with E-state index in [9.17, 15) is 35.1 Å². The standard InChI is InChI=1S/C16H13ClF8O/c1-14(2)8(9(14)5-13(17)15(20,21)22)3-7-4-12(26-16(23,24)25)11(19)6-10(7)18/h4-6,8-9H,3H2,1-2H3. The third-order valence-electron chi connectivity index (χ3n) is 4.50. The lowest BCUT2D eigenvalue weighted by Crippen LogP contribution is -2.18. The van der Waals surface area contributed by atoms with Crippen molar-refractivity contribution in [2.75, 3.05) is 0 Å². The fourth-order valence-electron chi connectivity index (χ4n) is 2.93. The molecule has 0 bridgehead atoms. The van der Waals surface area contributed by atoms with Crippen molar-refractivity contribution in [1.82, 2.24) is 0 Å². The van der Waals surface area contributed by atoms with Gasteiger partial charge < -0.3 is 4.74 Å². The lowest BCUT2D eigenvalue weighted by atomic mass is 10.0. The number of hydrogen-bond acceptors (Lipinski definition) is 1. The second-order valence-corrected chi connectivity index (χ2v) is 7.00. The Kier molecular flexibility index (Phi) is 5.26. The summed E-state index contributed by atoms with van der Waals surface area (Å²) in [6.07, 6.45) is -9.28. The minimum absolute atomic E-state index is 0.198. The summed E-state index contributed by atoms with van der Waals surface area (Å²) in [6.45, 7) is 3.24. The molecule has 0 aromatic heterocycles. The largest absolute Gasteiger partial charge is 0.573 e. The molecular weight excluding hydrogens is 396 g/mol. The number of rotatable bonds is 4. The molecule has 2 unspecified atom stereocenters. The number of alkyl halides is 6. The highest BCUT2D eigenvalue weighted by atomic mass is 35.5. The molecule has 0 heterocycles. The first-order valence-electron chi connectivity index (χ1n) is 7.31. The van der Waals surface area contributed by atoms with Gasteiger partial charge in [0.05, 0.1) is 0 Å². The molecule has 1 aromatic carbocycles. The average Bonchev–Trinajstić information content (AvgIpc) is 2.93. The van der Waals surface area contributed by atoms with E-state index < -0.39 is 52.2 Å². The highest BCUT2D eigenvalue weighted by Crippen LogP contribution is 2.61. The Morgan fingerprint density at radius 1 is 1.12 bits per heavy atom. The van der Waals surface area contributed by atoms with E-state index in [1.807, 2.05) is 0 Å². The van der Waals surface area contributed by atoms with E-state index in [-0.39, 0.29) is 18.1 Å². The maximum atomic E-state index is 13.9. The van der Waals surface area contributed by atoms with Gasteiger partial charge in [0.25, 0.3) is 0 Å². The molecule has 1 nitrogen and oxygen atoms in total. The molecule has 0 aliphatic heterocycles. The van der Waals surface area contributed by atoms with E-state index in [1.54, 1.807) is 13.8 Å². The van der Waals surface area contributed by atoms with E-state index in [0.29, 0.717) is 6.07 Å². The van der Waals surface area contributed by atoms with Gasteiger partial charge in [-0.05, 0) is 35.3 Å². The van der Waals surface area contributed by atoms with Crippen molar-refractivity contribution in [2.45, 2.75) is 32.8 Å². The molecule has 10 heteroatoms. The minimum atomic E-state index is -5.17. The van der Waals surface area contributed by atoms with E-state index in [4.69, 9.17) is 11.6 Å². The predicted octanol–water partition coefficient (Wildman–Crippen LogP) is 6.36. The van der Waals surface area contributed by atoms with Gasteiger partial charge in [-0.3, -0.25) is 0 Å². The van der Waals surface area contributed by atoms with Crippen LogP contribution in [0.3, 0.4) is 0 Å². The van der Waals surface area contributed by atoms with Gasteiger partial charge in [-0.1, -0.05) is 31.5 Å². The fourth-order valence-corrected chi connectivity index (χ4v) is 3.06. The summed E-state index contributed by atoms with van der Waals surface area (Å²) in [5.41, 5.74) is -0.972. The molecule has 0 saturated heterocycles. The summed E-state index contributed by atoms with van der Waals surface area (Å²) in [7, 11) is 0. The first-order chi connectivity index (χ1) is 11.6. The van der Waals surface area contributed by atoms with Crippen LogP contribution >= 0.6 is 11.6 Å². The van der Waals surface area contributed by atoms with Crippen LogP contribution in [0.15, 0.2) is 23.2 Å².